The number of hydrogen-bond acceptors (Lipinski definition) is 2. The van der Waals surface area contributed by atoms with E-state index in [4.69, 9.17) is 23.2 Å². The van der Waals surface area contributed by atoms with Crippen LogP contribution in [0.3, 0.4) is 0 Å². The number of benzene rings is 1. The summed E-state index contributed by atoms with van der Waals surface area (Å²) in [7, 11) is 3.76. The second-order valence-corrected chi connectivity index (χ2v) is 6.84. The number of rotatable bonds is 5. The standard InChI is InChI=1S/C14H17Cl2FN2O/c1-19(2)12(9-4-3-5-10(17)6-9)8-18-13(20)11-7-14(11,15)16/h3-6,11-12H,7-8H2,1-2H3,(H,18,20). The lowest BCUT2D eigenvalue weighted by Gasteiger charge is -2.25. The molecule has 1 aliphatic carbocycles. The fourth-order valence-electron chi connectivity index (χ4n) is 2.13. The van der Waals surface area contributed by atoms with E-state index in [9.17, 15) is 9.18 Å². The van der Waals surface area contributed by atoms with Gasteiger partial charge in [-0.25, -0.2) is 4.39 Å². The Balaban J connectivity index is 1.98. The summed E-state index contributed by atoms with van der Waals surface area (Å²) in [4.78, 5) is 13.8. The average Bonchev–Trinajstić information content (AvgIpc) is 2.98. The molecule has 1 saturated carbocycles. The first kappa shape index (κ1) is 15.5. The van der Waals surface area contributed by atoms with Crippen LogP contribution >= 0.6 is 23.2 Å². The van der Waals surface area contributed by atoms with Crippen LogP contribution < -0.4 is 5.32 Å². The van der Waals surface area contributed by atoms with E-state index in [1.165, 1.54) is 12.1 Å². The van der Waals surface area contributed by atoms with E-state index in [2.05, 4.69) is 5.32 Å². The molecule has 3 nitrogen and oxygen atoms in total. The second kappa shape index (κ2) is 5.88. The van der Waals surface area contributed by atoms with Gasteiger partial charge >= 0.3 is 0 Å². The van der Waals surface area contributed by atoms with Gasteiger partial charge in [-0.15, -0.1) is 23.2 Å². The third-order valence-electron chi connectivity index (χ3n) is 3.47. The van der Waals surface area contributed by atoms with Gasteiger partial charge in [0.05, 0.1) is 12.0 Å². The van der Waals surface area contributed by atoms with Gasteiger partial charge in [-0.3, -0.25) is 4.79 Å². The molecule has 110 valence electrons. The van der Waals surface area contributed by atoms with Gasteiger partial charge in [-0.05, 0) is 38.2 Å². The number of alkyl halides is 2. The summed E-state index contributed by atoms with van der Waals surface area (Å²) >= 11 is 11.7. The molecule has 0 saturated heterocycles. The number of hydrogen-bond donors (Lipinski definition) is 1. The molecule has 2 unspecified atom stereocenters. The van der Waals surface area contributed by atoms with E-state index in [0.717, 1.165) is 5.56 Å². The summed E-state index contributed by atoms with van der Waals surface area (Å²) in [6.07, 6.45) is 0.481. The van der Waals surface area contributed by atoms with Crippen LogP contribution in [0.1, 0.15) is 18.0 Å². The summed E-state index contributed by atoms with van der Waals surface area (Å²) < 4.78 is 12.4. The SMILES string of the molecule is CN(C)C(CNC(=O)C1CC1(Cl)Cl)c1cccc(F)c1. The summed E-state index contributed by atoms with van der Waals surface area (Å²) in [5, 5.41) is 2.83. The van der Waals surface area contributed by atoms with Gasteiger partial charge in [0, 0.05) is 6.54 Å². The molecule has 1 aromatic carbocycles. The summed E-state index contributed by atoms with van der Waals surface area (Å²) in [6.45, 7) is 0.385. The van der Waals surface area contributed by atoms with Gasteiger partial charge < -0.3 is 10.2 Å². The van der Waals surface area contributed by atoms with Crippen LogP contribution in [-0.2, 0) is 4.79 Å². The van der Waals surface area contributed by atoms with E-state index < -0.39 is 4.33 Å². The highest BCUT2D eigenvalue weighted by atomic mass is 35.5. The average molecular weight is 319 g/mol. The van der Waals surface area contributed by atoms with Crippen LogP contribution in [0.15, 0.2) is 24.3 Å². The lowest BCUT2D eigenvalue weighted by molar-refractivity contribution is -0.122. The second-order valence-electron chi connectivity index (χ2n) is 5.30. The molecule has 1 fully saturated rings. The quantitative estimate of drug-likeness (QED) is 0.847. The third kappa shape index (κ3) is 3.62. The molecule has 0 heterocycles. The minimum Gasteiger partial charge on any atom is -0.354 e. The van der Waals surface area contributed by atoms with Crippen molar-refractivity contribution in [2.75, 3.05) is 20.6 Å². The van der Waals surface area contributed by atoms with Gasteiger partial charge in [0.2, 0.25) is 5.91 Å². The van der Waals surface area contributed by atoms with Crippen LogP contribution in [0.2, 0.25) is 0 Å². The van der Waals surface area contributed by atoms with Crippen LogP contribution in [0.4, 0.5) is 4.39 Å². The van der Waals surface area contributed by atoms with Crippen molar-refractivity contribution in [1.82, 2.24) is 10.2 Å². The van der Waals surface area contributed by atoms with Crippen LogP contribution in [0, 0.1) is 11.7 Å². The van der Waals surface area contributed by atoms with Crippen molar-refractivity contribution >= 4 is 29.1 Å². The Kier molecular flexibility index (Phi) is 4.57. The third-order valence-corrected chi connectivity index (χ3v) is 4.30. The van der Waals surface area contributed by atoms with Crippen molar-refractivity contribution in [2.45, 2.75) is 16.8 Å². The summed E-state index contributed by atoms with van der Waals surface area (Å²) in [5.41, 5.74) is 0.814. The Morgan fingerprint density at radius 2 is 2.20 bits per heavy atom. The number of amides is 1. The van der Waals surface area contributed by atoms with Crippen LogP contribution in [-0.4, -0.2) is 35.8 Å². The minimum atomic E-state index is -0.920. The Labute approximate surface area is 128 Å². The largest absolute Gasteiger partial charge is 0.354 e. The van der Waals surface area contributed by atoms with E-state index in [-0.39, 0.29) is 23.7 Å². The molecule has 2 rings (SSSR count). The van der Waals surface area contributed by atoms with Gasteiger partial charge in [0.15, 0.2) is 0 Å². The van der Waals surface area contributed by atoms with Crippen molar-refractivity contribution < 1.29 is 9.18 Å². The maximum atomic E-state index is 13.3. The van der Waals surface area contributed by atoms with Crippen LogP contribution in [0.25, 0.3) is 0 Å². The molecule has 0 aliphatic heterocycles. The number of likely N-dealkylation sites (N-methyl/N-ethyl adjacent to an activating group) is 1. The molecule has 2 atom stereocenters. The smallest absolute Gasteiger partial charge is 0.226 e. The minimum absolute atomic E-state index is 0.103. The predicted molar refractivity (Wildman–Crippen MR) is 78.4 cm³/mol. The number of nitrogens with zero attached hydrogens (tertiary/aromatic N) is 1. The Bertz CT molecular complexity index is 508. The lowest BCUT2D eigenvalue weighted by atomic mass is 10.1. The van der Waals surface area contributed by atoms with Gasteiger partial charge in [-0.1, -0.05) is 12.1 Å². The molecule has 1 aliphatic rings. The van der Waals surface area contributed by atoms with Crippen molar-refractivity contribution in [3.8, 4) is 0 Å². The molecule has 1 N–H and O–H groups in total. The van der Waals surface area contributed by atoms with Crippen molar-refractivity contribution in [1.29, 1.82) is 0 Å². The van der Waals surface area contributed by atoms with E-state index in [0.29, 0.717) is 13.0 Å². The van der Waals surface area contributed by atoms with Crippen LogP contribution in [0.5, 0.6) is 0 Å². The lowest BCUT2D eigenvalue weighted by Crippen LogP contribution is -2.36. The Morgan fingerprint density at radius 3 is 2.70 bits per heavy atom. The molecule has 1 aromatic rings. The zero-order chi connectivity index (χ0) is 14.9. The van der Waals surface area contributed by atoms with Crippen molar-refractivity contribution in [2.24, 2.45) is 5.92 Å². The fourth-order valence-corrected chi connectivity index (χ4v) is 2.64. The highest BCUT2D eigenvalue weighted by molar-refractivity contribution is 6.52. The summed E-state index contributed by atoms with van der Waals surface area (Å²) in [6, 6.07) is 6.26. The van der Waals surface area contributed by atoms with Crippen molar-refractivity contribution in [3.63, 3.8) is 0 Å². The topological polar surface area (TPSA) is 32.3 Å². The van der Waals surface area contributed by atoms with Gasteiger partial charge in [0.1, 0.15) is 10.2 Å². The molecule has 6 heteroatoms. The molecule has 0 spiro atoms. The highest BCUT2D eigenvalue weighted by Gasteiger charge is 2.56. The predicted octanol–water partition coefficient (Wildman–Crippen LogP) is 2.74. The molecule has 0 aromatic heterocycles. The monoisotopic (exact) mass is 318 g/mol. The molecular formula is C14H17Cl2FN2O. The number of nitrogens with one attached hydrogen (secondary N) is 1. The normalized spacial score (nSPS) is 21.6. The Hall–Kier alpha value is -0.840. The molecule has 0 radical (unpaired) electrons. The number of carbonyl (C=O) groups excluding carboxylic acids is 1. The maximum absolute atomic E-state index is 13.3. The van der Waals surface area contributed by atoms with E-state index >= 15 is 0 Å². The van der Waals surface area contributed by atoms with Crippen molar-refractivity contribution in [3.05, 3.63) is 35.6 Å². The zero-order valence-electron chi connectivity index (χ0n) is 11.4. The fraction of sp³-hybridized carbons (Fsp3) is 0.500. The molecular weight excluding hydrogens is 302 g/mol. The van der Waals surface area contributed by atoms with Gasteiger partial charge in [-0.2, -0.15) is 0 Å². The highest BCUT2D eigenvalue weighted by Crippen LogP contribution is 2.53. The first-order chi connectivity index (χ1) is 9.31. The van der Waals surface area contributed by atoms with E-state index in [1.807, 2.05) is 25.1 Å². The summed E-state index contributed by atoms with van der Waals surface area (Å²) in [5.74, 6) is -0.789. The first-order valence-corrected chi connectivity index (χ1v) is 7.14. The maximum Gasteiger partial charge on any atom is 0.226 e. The molecule has 20 heavy (non-hydrogen) atoms. The number of carbonyl (C=O) groups is 1. The molecule has 1 amide bonds. The molecule has 0 bridgehead atoms. The van der Waals surface area contributed by atoms with Gasteiger partial charge in [0.25, 0.3) is 0 Å². The first-order valence-electron chi connectivity index (χ1n) is 6.38. The number of halogens is 3. The van der Waals surface area contributed by atoms with E-state index in [1.54, 1.807) is 6.07 Å². The Morgan fingerprint density at radius 1 is 1.55 bits per heavy atom. The zero-order valence-corrected chi connectivity index (χ0v) is 12.9.